The Kier molecular flexibility index (Phi) is 4.77. The summed E-state index contributed by atoms with van der Waals surface area (Å²) in [6.45, 7) is 8.02. The third kappa shape index (κ3) is 2.91. The van der Waals surface area contributed by atoms with Crippen LogP contribution in [0.1, 0.15) is 72.6 Å². The first-order valence-electron chi connectivity index (χ1n) is 10.7. The van der Waals surface area contributed by atoms with Gasteiger partial charge in [-0.3, -0.25) is 9.59 Å². The van der Waals surface area contributed by atoms with E-state index in [1.807, 2.05) is 0 Å². The van der Waals surface area contributed by atoms with Crippen LogP contribution in [0.25, 0.3) is 0 Å². The molecule has 0 bridgehead atoms. The summed E-state index contributed by atoms with van der Waals surface area (Å²) in [7, 11) is 0. The first kappa shape index (κ1) is 19.5. The number of esters is 1. The number of fused-ring (bicyclic) bond motifs is 5. The van der Waals surface area contributed by atoms with Crippen molar-refractivity contribution in [2.45, 2.75) is 84.1 Å². The van der Waals surface area contributed by atoms with E-state index in [0.29, 0.717) is 17.8 Å². The summed E-state index contributed by atoms with van der Waals surface area (Å²) in [6.07, 6.45) is 9.85. The van der Waals surface area contributed by atoms with Gasteiger partial charge in [0.05, 0.1) is 0 Å². The van der Waals surface area contributed by atoms with Crippen molar-refractivity contribution in [1.82, 2.24) is 0 Å². The summed E-state index contributed by atoms with van der Waals surface area (Å²) in [6, 6.07) is 0. The Morgan fingerprint density at radius 1 is 1.15 bits per heavy atom. The molecule has 4 aliphatic carbocycles. The summed E-state index contributed by atoms with van der Waals surface area (Å²) in [5.41, 5.74) is 1.79. The third-order valence-corrected chi connectivity index (χ3v) is 9.25. The second-order valence-corrected chi connectivity index (χ2v) is 10.7. The number of carbonyl (C=O) groups excluding carboxylic acids is 2. The summed E-state index contributed by atoms with van der Waals surface area (Å²) in [5, 5.41) is -0.00543. The quantitative estimate of drug-likeness (QED) is 0.363. The van der Waals surface area contributed by atoms with Crippen LogP contribution in [0.5, 0.6) is 0 Å². The molecule has 3 nitrogen and oxygen atoms in total. The predicted molar refractivity (Wildman–Crippen MR) is 106 cm³/mol. The van der Waals surface area contributed by atoms with E-state index in [-0.39, 0.29) is 40.0 Å². The molecule has 3 saturated carbocycles. The molecule has 0 spiro atoms. The number of halogens is 1. The van der Waals surface area contributed by atoms with E-state index in [1.54, 1.807) is 6.92 Å². The number of ether oxygens (including phenoxy) is 1. The molecule has 0 aromatic rings. The monoisotopic (exact) mass is 392 g/mol. The van der Waals surface area contributed by atoms with E-state index in [2.05, 4.69) is 19.9 Å². The van der Waals surface area contributed by atoms with Crippen molar-refractivity contribution in [2.24, 2.45) is 34.5 Å². The zero-order chi connectivity index (χ0) is 19.6. The van der Waals surface area contributed by atoms with Crippen molar-refractivity contribution in [3.8, 4) is 0 Å². The van der Waals surface area contributed by atoms with Gasteiger partial charge in [0, 0.05) is 24.6 Å². The molecule has 4 rings (SSSR count). The third-order valence-electron chi connectivity index (χ3n) is 8.82. The molecule has 0 heterocycles. The highest BCUT2D eigenvalue weighted by Gasteiger charge is 2.61. The molecule has 0 aromatic carbocycles. The average molecular weight is 393 g/mol. The lowest BCUT2D eigenvalue weighted by atomic mass is 9.47. The van der Waals surface area contributed by atoms with Crippen LogP contribution in [0.2, 0.25) is 0 Å². The lowest BCUT2D eigenvalue weighted by molar-refractivity contribution is -0.149. The minimum Gasteiger partial charge on any atom is -0.462 e. The van der Waals surface area contributed by atoms with E-state index in [9.17, 15) is 9.59 Å². The van der Waals surface area contributed by atoms with E-state index in [0.717, 1.165) is 38.5 Å². The van der Waals surface area contributed by atoms with Crippen molar-refractivity contribution in [1.29, 1.82) is 0 Å². The predicted octanol–water partition coefficient (Wildman–Crippen LogP) is 5.30. The molecule has 0 unspecified atom stereocenters. The van der Waals surface area contributed by atoms with Gasteiger partial charge in [0.25, 0.3) is 0 Å². The topological polar surface area (TPSA) is 43.4 Å². The van der Waals surface area contributed by atoms with Crippen molar-refractivity contribution < 1.29 is 14.3 Å². The molecule has 0 aliphatic heterocycles. The van der Waals surface area contributed by atoms with Crippen LogP contribution in [-0.2, 0) is 14.3 Å². The Balaban J connectivity index is 1.61. The zero-order valence-corrected chi connectivity index (χ0v) is 17.8. The van der Waals surface area contributed by atoms with Crippen molar-refractivity contribution in [3.05, 3.63) is 11.6 Å². The van der Waals surface area contributed by atoms with Gasteiger partial charge in [0.15, 0.2) is 0 Å². The van der Waals surface area contributed by atoms with Gasteiger partial charge < -0.3 is 4.74 Å². The number of rotatable bonds is 2. The molecule has 150 valence electrons. The first-order valence-corrected chi connectivity index (χ1v) is 11.1. The molecular weight excluding hydrogens is 360 g/mol. The average Bonchev–Trinajstić information content (AvgIpc) is 2.85. The van der Waals surface area contributed by atoms with Crippen LogP contribution in [0.3, 0.4) is 0 Å². The number of ketones is 1. The fourth-order valence-electron chi connectivity index (χ4n) is 7.65. The maximum absolute atomic E-state index is 12.4. The van der Waals surface area contributed by atoms with E-state index in [1.165, 1.54) is 18.9 Å². The van der Waals surface area contributed by atoms with Gasteiger partial charge in [0.1, 0.15) is 11.9 Å². The lowest BCUT2D eigenvalue weighted by Gasteiger charge is -2.57. The van der Waals surface area contributed by atoms with Gasteiger partial charge in [-0.2, -0.15) is 0 Å². The molecule has 0 saturated heterocycles. The molecular formula is C23H33ClO3. The van der Waals surface area contributed by atoms with Crippen LogP contribution in [0.15, 0.2) is 11.6 Å². The maximum Gasteiger partial charge on any atom is 0.302 e. The highest BCUT2D eigenvalue weighted by atomic mass is 35.5. The Hall–Kier alpha value is -0.830. The smallest absolute Gasteiger partial charge is 0.302 e. The van der Waals surface area contributed by atoms with E-state index < -0.39 is 0 Å². The van der Waals surface area contributed by atoms with E-state index in [4.69, 9.17) is 16.3 Å². The molecule has 27 heavy (non-hydrogen) atoms. The number of hydrogen-bond acceptors (Lipinski definition) is 3. The van der Waals surface area contributed by atoms with Crippen LogP contribution in [0.4, 0.5) is 0 Å². The summed E-state index contributed by atoms with van der Waals surface area (Å²) < 4.78 is 5.53. The zero-order valence-electron chi connectivity index (χ0n) is 17.1. The minimum absolute atomic E-state index is 0.00543. The number of Topliss-reactive ketones (excluding diaryl/α,β-unsaturated/α-hetero) is 1. The maximum atomic E-state index is 12.4. The standard InChI is InChI=1S/C23H33ClO3/c1-13(25)21-20(24)12-19-17-6-5-15-11-16(27-14(2)26)7-9-22(15,3)18(17)8-10-23(19,21)4/h5,16-21H,6-12H2,1-4H3/t16-,17-,18+,19+,20+,21+,22+,23+/m1/s1. The van der Waals surface area contributed by atoms with Crippen molar-refractivity contribution in [3.63, 3.8) is 0 Å². The van der Waals surface area contributed by atoms with Gasteiger partial charge >= 0.3 is 5.97 Å². The molecule has 0 aromatic heterocycles. The molecule has 3 fully saturated rings. The van der Waals surface area contributed by atoms with Crippen LogP contribution < -0.4 is 0 Å². The van der Waals surface area contributed by atoms with Crippen LogP contribution in [-0.4, -0.2) is 23.2 Å². The Morgan fingerprint density at radius 2 is 1.89 bits per heavy atom. The Bertz CT molecular complexity index is 685. The highest BCUT2D eigenvalue weighted by molar-refractivity contribution is 6.22. The fraction of sp³-hybridized carbons (Fsp3) is 0.826. The van der Waals surface area contributed by atoms with Gasteiger partial charge in [0.2, 0.25) is 0 Å². The fourth-order valence-corrected chi connectivity index (χ4v) is 8.31. The number of hydrogen-bond donors (Lipinski definition) is 0. The number of allylic oxidation sites excluding steroid dienone is 1. The molecule has 0 N–H and O–H groups in total. The second-order valence-electron chi connectivity index (χ2n) is 10.1. The minimum atomic E-state index is -0.166. The largest absolute Gasteiger partial charge is 0.462 e. The number of alkyl halides is 1. The summed E-state index contributed by atoms with van der Waals surface area (Å²) >= 11 is 6.72. The SMILES string of the molecule is CC(=O)O[C@@H]1CC[C@@]2(C)C(=CC[C@H]3[C@@H]4C[C@H](Cl)[C@H](C(C)=O)[C@@]4(C)CC[C@@H]32)C1. The van der Waals surface area contributed by atoms with Gasteiger partial charge in [-0.25, -0.2) is 0 Å². The molecule has 4 aliphatic rings. The van der Waals surface area contributed by atoms with Crippen LogP contribution >= 0.6 is 11.6 Å². The summed E-state index contributed by atoms with van der Waals surface area (Å²) in [5.74, 6) is 1.98. The van der Waals surface area contributed by atoms with Crippen molar-refractivity contribution in [2.75, 3.05) is 0 Å². The van der Waals surface area contributed by atoms with E-state index >= 15 is 0 Å². The highest BCUT2D eigenvalue weighted by Crippen LogP contribution is 2.67. The lowest BCUT2D eigenvalue weighted by Crippen LogP contribution is -2.51. The summed E-state index contributed by atoms with van der Waals surface area (Å²) in [4.78, 5) is 23.7. The molecule has 0 radical (unpaired) electrons. The number of carbonyl (C=O) groups is 2. The van der Waals surface area contributed by atoms with Gasteiger partial charge in [-0.15, -0.1) is 11.6 Å². The van der Waals surface area contributed by atoms with Gasteiger partial charge in [-0.05, 0) is 74.0 Å². The van der Waals surface area contributed by atoms with Crippen molar-refractivity contribution >= 4 is 23.4 Å². The molecule has 0 amide bonds. The van der Waals surface area contributed by atoms with Crippen LogP contribution in [0, 0.1) is 34.5 Å². The van der Waals surface area contributed by atoms with Gasteiger partial charge in [-0.1, -0.05) is 25.5 Å². The Morgan fingerprint density at radius 3 is 2.56 bits per heavy atom. The normalized spacial score (nSPS) is 48.7. The molecule has 4 heteroatoms. The first-order chi connectivity index (χ1) is 12.7. The molecule has 8 atom stereocenters. The second kappa shape index (κ2) is 6.61. The Labute approximate surface area is 168 Å².